The van der Waals surface area contributed by atoms with Crippen LogP contribution >= 0.6 is 11.8 Å². The summed E-state index contributed by atoms with van der Waals surface area (Å²) in [6.07, 6.45) is 9.47. The SMILES string of the molecule is C=C/C=C\C(=C)OC(C)/C=C(/C)SC. The van der Waals surface area contributed by atoms with Crippen LogP contribution in [0.3, 0.4) is 0 Å². The van der Waals surface area contributed by atoms with Crippen LogP contribution in [-0.2, 0) is 4.74 Å². The van der Waals surface area contributed by atoms with Gasteiger partial charge in [-0.15, -0.1) is 11.8 Å². The third-order valence-corrected chi connectivity index (χ3v) is 2.33. The normalized spacial score (nSPS) is 14.1. The van der Waals surface area contributed by atoms with Crippen molar-refractivity contribution < 1.29 is 4.74 Å². The fraction of sp³-hybridized carbons (Fsp3) is 0.333. The van der Waals surface area contributed by atoms with Gasteiger partial charge in [-0.05, 0) is 37.2 Å². The van der Waals surface area contributed by atoms with Gasteiger partial charge in [-0.1, -0.05) is 25.3 Å². The first-order valence-corrected chi connectivity index (χ1v) is 5.69. The molecule has 0 bridgehead atoms. The van der Waals surface area contributed by atoms with Gasteiger partial charge in [0.1, 0.15) is 11.9 Å². The molecule has 0 N–H and O–H groups in total. The van der Waals surface area contributed by atoms with Crippen molar-refractivity contribution in [2.75, 3.05) is 6.26 Å². The van der Waals surface area contributed by atoms with Crippen LogP contribution in [0.4, 0.5) is 0 Å². The van der Waals surface area contributed by atoms with E-state index in [4.69, 9.17) is 4.74 Å². The summed E-state index contributed by atoms with van der Waals surface area (Å²) in [5.74, 6) is 0.655. The lowest BCUT2D eigenvalue weighted by atomic mass is 10.3. The molecule has 0 fully saturated rings. The van der Waals surface area contributed by atoms with Crippen LogP contribution in [0.1, 0.15) is 13.8 Å². The zero-order valence-electron chi connectivity index (χ0n) is 9.12. The fourth-order valence-corrected chi connectivity index (χ4v) is 1.21. The van der Waals surface area contributed by atoms with Crippen molar-refractivity contribution in [3.63, 3.8) is 0 Å². The molecule has 0 aromatic carbocycles. The number of rotatable bonds is 6. The predicted octanol–water partition coefficient (Wildman–Crippen LogP) is 3.91. The van der Waals surface area contributed by atoms with E-state index in [1.54, 1.807) is 30.0 Å². The van der Waals surface area contributed by atoms with Crippen LogP contribution in [0, 0.1) is 0 Å². The average Bonchev–Trinajstić information content (AvgIpc) is 2.14. The quantitative estimate of drug-likeness (QED) is 0.485. The van der Waals surface area contributed by atoms with E-state index in [1.807, 2.05) is 13.2 Å². The first-order valence-electron chi connectivity index (χ1n) is 4.47. The molecule has 0 radical (unpaired) electrons. The zero-order chi connectivity index (χ0) is 11.0. The highest BCUT2D eigenvalue weighted by Crippen LogP contribution is 2.13. The van der Waals surface area contributed by atoms with Crippen LogP contribution in [-0.4, -0.2) is 12.4 Å². The van der Waals surface area contributed by atoms with Crippen molar-refractivity contribution in [2.45, 2.75) is 20.0 Å². The summed E-state index contributed by atoms with van der Waals surface area (Å²) in [7, 11) is 0. The van der Waals surface area contributed by atoms with Gasteiger partial charge >= 0.3 is 0 Å². The van der Waals surface area contributed by atoms with Gasteiger partial charge in [-0.25, -0.2) is 0 Å². The van der Waals surface area contributed by atoms with Gasteiger partial charge in [-0.2, -0.15) is 0 Å². The molecule has 0 saturated carbocycles. The molecule has 0 amide bonds. The van der Waals surface area contributed by atoms with Crippen LogP contribution in [0.25, 0.3) is 0 Å². The van der Waals surface area contributed by atoms with Gasteiger partial charge in [0.05, 0.1) is 0 Å². The van der Waals surface area contributed by atoms with E-state index in [9.17, 15) is 0 Å². The Hall–Kier alpha value is -0.890. The molecular weight excluding hydrogens is 192 g/mol. The largest absolute Gasteiger partial charge is 0.487 e. The summed E-state index contributed by atoms with van der Waals surface area (Å²) in [5, 5.41) is 0. The molecule has 0 spiro atoms. The maximum atomic E-state index is 5.51. The van der Waals surface area contributed by atoms with E-state index >= 15 is 0 Å². The average molecular weight is 210 g/mol. The molecule has 14 heavy (non-hydrogen) atoms. The third kappa shape index (κ3) is 6.61. The summed E-state index contributed by atoms with van der Waals surface area (Å²) in [4.78, 5) is 1.25. The van der Waals surface area contributed by atoms with E-state index in [1.165, 1.54) is 4.91 Å². The summed E-state index contributed by atoms with van der Waals surface area (Å²) in [6.45, 7) is 11.4. The van der Waals surface area contributed by atoms with E-state index in [-0.39, 0.29) is 6.10 Å². The standard InChI is InChI=1S/C12H18OS/c1-6-7-8-10(2)13-11(3)9-12(4)14-5/h6-9,11H,1-2H2,3-5H3/b8-7-,12-9-. The Morgan fingerprint density at radius 2 is 2.14 bits per heavy atom. The molecule has 2 heteroatoms. The first-order chi connectivity index (χ1) is 6.60. The van der Waals surface area contributed by atoms with Gasteiger partial charge in [0, 0.05) is 0 Å². The minimum Gasteiger partial charge on any atom is -0.487 e. The lowest BCUT2D eigenvalue weighted by Gasteiger charge is -2.11. The maximum absolute atomic E-state index is 5.51. The van der Waals surface area contributed by atoms with E-state index in [0.29, 0.717) is 5.76 Å². The molecule has 0 aliphatic carbocycles. The number of hydrogen-bond donors (Lipinski definition) is 0. The summed E-state index contributed by atoms with van der Waals surface area (Å²) < 4.78 is 5.51. The molecule has 1 nitrogen and oxygen atoms in total. The Labute approximate surface area is 91.2 Å². The Kier molecular flexibility index (Phi) is 7.03. The lowest BCUT2D eigenvalue weighted by molar-refractivity contribution is 0.182. The maximum Gasteiger partial charge on any atom is 0.115 e. The second kappa shape index (κ2) is 7.51. The molecule has 0 saturated heterocycles. The number of allylic oxidation sites excluding steroid dienone is 4. The first kappa shape index (κ1) is 13.1. The van der Waals surface area contributed by atoms with Crippen molar-refractivity contribution >= 4 is 11.8 Å². The smallest absolute Gasteiger partial charge is 0.115 e. The second-order valence-electron chi connectivity index (χ2n) is 2.87. The molecule has 0 aromatic heterocycles. The van der Waals surface area contributed by atoms with Gasteiger partial charge in [0.15, 0.2) is 0 Å². The number of hydrogen-bond acceptors (Lipinski definition) is 2. The highest BCUT2D eigenvalue weighted by atomic mass is 32.2. The van der Waals surface area contributed by atoms with Crippen LogP contribution in [0.5, 0.6) is 0 Å². The second-order valence-corrected chi connectivity index (χ2v) is 3.92. The minimum absolute atomic E-state index is 0.0596. The molecule has 0 rings (SSSR count). The number of thioether (sulfide) groups is 1. The minimum atomic E-state index is 0.0596. The Morgan fingerprint density at radius 3 is 2.64 bits per heavy atom. The lowest BCUT2D eigenvalue weighted by Crippen LogP contribution is -2.02. The van der Waals surface area contributed by atoms with Crippen LogP contribution in [0.2, 0.25) is 0 Å². The topological polar surface area (TPSA) is 9.23 Å². The van der Waals surface area contributed by atoms with Crippen molar-refractivity contribution in [3.05, 3.63) is 48.1 Å². The summed E-state index contributed by atoms with van der Waals surface area (Å²) >= 11 is 1.72. The molecule has 1 atom stereocenters. The number of ether oxygens (including phenoxy) is 1. The molecule has 0 aliphatic rings. The predicted molar refractivity (Wildman–Crippen MR) is 66.3 cm³/mol. The molecule has 1 unspecified atom stereocenters. The Bertz CT molecular complexity index is 251. The zero-order valence-corrected chi connectivity index (χ0v) is 9.93. The van der Waals surface area contributed by atoms with E-state index in [2.05, 4.69) is 26.2 Å². The fourth-order valence-electron chi connectivity index (χ4n) is 0.886. The highest BCUT2D eigenvalue weighted by Gasteiger charge is 1.99. The monoisotopic (exact) mass is 210 g/mol. The van der Waals surface area contributed by atoms with Gasteiger partial charge in [0.25, 0.3) is 0 Å². The van der Waals surface area contributed by atoms with Gasteiger partial charge in [-0.3, -0.25) is 0 Å². The molecule has 0 aliphatic heterocycles. The Morgan fingerprint density at radius 1 is 1.50 bits per heavy atom. The highest BCUT2D eigenvalue weighted by molar-refractivity contribution is 8.02. The molecule has 0 heterocycles. The van der Waals surface area contributed by atoms with Crippen LogP contribution < -0.4 is 0 Å². The van der Waals surface area contributed by atoms with Crippen molar-refractivity contribution in [3.8, 4) is 0 Å². The van der Waals surface area contributed by atoms with E-state index in [0.717, 1.165) is 0 Å². The molecular formula is C12H18OS. The molecule has 0 aromatic rings. The van der Waals surface area contributed by atoms with Crippen molar-refractivity contribution in [1.82, 2.24) is 0 Å². The van der Waals surface area contributed by atoms with Gasteiger partial charge in [0.2, 0.25) is 0 Å². The summed E-state index contributed by atoms with van der Waals surface area (Å²) in [6, 6.07) is 0. The van der Waals surface area contributed by atoms with Crippen molar-refractivity contribution in [2.24, 2.45) is 0 Å². The van der Waals surface area contributed by atoms with Crippen molar-refractivity contribution in [1.29, 1.82) is 0 Å². The third-order valence-electron chi connectivity index (χ3n) is 1.55. The summed E-state index contributed by atoms with van der Waals surface area (Å²) in [5.41, 5.74) is 0. The van der Waals surface area contributed by atoms with E-state index < -0.39 is 0 Å². The Balaban J connectivity index is 4.06. The van der Waals surface area contributed by atoms with Gasteiger partial charge < -0.3 is 4.74 Å². The van der Waals surface area contributed by atoms with Crippen LogP contribution in [0.15, 0.2) is 48.1 Å². The molecule has 78 valence electrons.